The van der Waals surface area contributed by atoms with Crippen molar-refractivity contribution < 1.29 is 14.0 Å². The standard InChI is InChI=1S/C23H21FN4O3/c24-17-6-8-19(9-7-17)28-21(29)11-10-20(26-28)23(31)27-14-12-16(13-15-27)22(30)25-18-4-2-1-3-5-18/h1-11,16H,12-15H2,(H,25,30). The molecular weight excluding hydrogens is 399 g/mol. The first-order chi connectivity index (χ1) is 15.0. The van der Waals surface area contributed by atoms with Gasteiger partial charge < -0.3 is 10.2 Å². The second-order valence-corrected chi connectivity index (χ2v) is 7.37. The molecule has 1 aliphatic heterocycles. The molecule has 158 valence electrons. The van der Waals surface area contributed by atoms with Crippen molar-refractivity contribution in [3.8, 4) is 5.69 Å². The average Bonchev–Trinajstić information content (AvgIpc) is 2.80. The number of carbonyl (C=O) groups excluding carboxylic acids is 2. The Morgan fingerprint density at radius 1 is 0.935 bits per heavy atom. The maximum atomic E-state index is 13.2. The lowest BCUT2D eigenvalue weighted by Gasteiger charge is -2.31. The van der Waals surface area contributed by atoms with Gasteiger partial charge in [0.2, 0.25) is 5.91 Å². The minimum absolute atomic E-state index is 0.0544. The molecule has 0 unspecified atom stereocenters. The van der Waals surface area contributed by atoms with Crippen LogP contribution in [0.5, 0.6) is 0 Å². The third kappa shape index (κ3) is 4.69. The summed E-state index contributed by atoms with van der Waals surface area (Å²) in [5, 5.41) is 7.07. The number of nitrogens with zero attached hydrogens (tertiary/aromatic N) is 3. The molecular formula is C23H21FN4O3. The van der Waals surface area contributed by atoms with Crippen molar-refractivity contribution >= 4 is 17.5 Å². The van der Waals surface area contributed by atoms with Gasteiger partial charge >= 0.3 is 0 Å². The van der Waals surface area contributed by atoms with Gasteiger partial charge in [-0.25, -0.2) is 4.39 Å². The molecule has 2 aromatic carbocycles. The molecule has 31 heavy (non-hydrogen) atoms. The first-order valence-corrected chi connectivity index (χ1v) is 10.0. The molecule has 1 fully saturated rings. The van der Waals surface area contributed by atoms with E-state index in [1.807, 2.05) is 30.3 Å². The number of likely N-dealkylation sites (tertiary alicyclic amines) is 1. The van der Waals surface area contributed by atoms with E-state index >= 15 is 0 Å². The minimum atomic E-state index is -0.428. The monoisotopic (exact) mass is 420 g/mol. The average molecular weight is 420 g/mol. The van der Waals surface area contributed by atoms with E-state index < -0.39 is 11.4 Å². The molecule has 0 bridgehead atoms. The van der Waals surface area contributed by atoms with Crippen LogP contribution in [0, 0.1) is 11.7 Å². The van der Waals surface area contributed by atoms with Crippen molar-refractivity contribution in [2.75, 3.05) is 18.4 Å². The van der Waals surface area contributed by atoms with Crippen molar-refractivity contribution in [2.45, 2.75) is 12.8 Å². The van der Waals surface area contributed by atoms with Gasteiger partial charge in [0.05, 0.1) is 5.69 Å². The van der Waals surface area contributed by atoms with Gasteiger partial charge in [0.15, 0.2) is 0 Å². The lowest BCUT2D eigenvalue weighted by atomic mass is 9.95. The van der Waals surface area contributed by atoms with Gasteiger partial charge in [-0.15, -0.1) is 0 Å². The lowest BCUT2D eigenvalue weighted by molar-refractivity contribution is -0.121. The second kappa shape index (κ2) is 8.91. The smallest absolute Gasteiger partial charge is 0.274 e. The highest BCUT2D eigenvalue weighted by Gasteiger charge is 2.28. The van der Waals surface area contributed by atoms with E-state index in [1.165, 1.54) is 36.4 Å². The molecule has 1 aliphatic rings. The van der Waals surface area contributed by atoms with Crippen LogP contribution in [0.1, 0.15) is 23.3 Å². The summed E-state index contributed by atoms with van der Waals surface area (Å²) in [6, 6.07) is 17.2. The van der Waals surface area contributed by atoms with Crippen molar-refractivity contribution in [2.24, 2.45) is 5.92 Å². The third-order valence-electron chi connectivity index (χ3n) is 5.28. The van der Waals surface area contributed by atoms with E-state index in [9.17, 15) is 18.8 Å². The summed E-state index contributed by atoms with van der Waals surface area (Å²) in [5.41, 5.74) is 0.825. The van der Waals surface area contributed by atoms with Crippen LogP contribution in [0.25, 0.3) is 5.69 Å². The Bertz CT molecular complexity index is 1140. The number of amides is 2. The Labute approximate surface area is 178 Å². The molecule has 1 N–H and O–H groups in total. The maximum absolute atomic E-state index is 13.2. The van der Waals surface area contributed by atoms with Crippen LogP contribution in [-0.4, -0.2) is 39.6 Å². The molecule has 8 heteroatoms. The van der Waals surface area contributed by atoms with E-state index in [0.29, 0.717) is 31.6 Å². The molecule has 4 rings (SSSR count). The van der Waals surface area contributed by atoms with Crippen LogP contribution < -0.4 is 10.9 Å². The van der Waals surface area contributed by atoms with Crippen LogP contribution in [0.15, 0.2) is 71.5 Å². The largest absolute Gasteiger partial charge is 0.337 e. The summed E-state index contributed by atoms with van der Waals surface area (Å²) < 4.78 is 14.2. The molecule has 7 nitrogen and oxygen atoms in total. The van der Waals surface area contributed by atoms with E-state index in [0.717, 1.165) is 10.4 Å². The topological polar surface area (TPSA) is 84.3 Å². The van der Waals surface area contributed by atoms with E-state index in [2.05, 4.69) is 10.4 Å². The quantitative estimate of drug-likeness (QED) is 0.704. The maximum Gasteiger partial charge on any atom is 0.274 e. The number of halogens is 1. The van der Waals surface area contributed by atoms with Gasteiger partial charge in [0, 0.05) is 30.8 Å². The fraction of sp³-hybridized carbons (Fsp3) is 0.217. The van der Waals surface area contributed by atoms with Crippen molar-refractivity contribution in [1.29, 1.82) is 0 Å². The first kappa shape index (κ1) is 20.5. The number of nitrogens with one attached hydrogen (secondary N) is 1. The van der Waals surface area contributed by atoms with Crippen molar-refractivity contribution in [3.63, 3.8) is 0 Å². The number of rotatable bonds is 4. The van der Waals surface area contributed by atoms with Crippen molar-refractivity contribution in [3.05, 3.63) is 88.6 Å². The Kier molecular flexibility index (Phi) is 5.88. The van der Waals surface area contributed by atoms with Gasteiger partial charge in [0.25, 0.3) is 11.5 Å². The highest BCUT2D eigenvalue weighted by molar-refractivity contribution is 5.94. The Morgan fingerprint density at radius 2 is 1.61 bits per heavy atom. The molecule has 3 aromatic rings. The SMILES string of the molecule is O=C(Nc1ccccc1)C1CCN(C(=O)c2ccc(=O)n(-c3ccc(F)cc3)n2)CC1. The van der Waals surface area contributed by atoms with Crippen LogP contribution >= 0.6 is 0 Å². The third-order valence-corrected chi connectivity index (χ3v) is 5.28. The molecule has 0 atom stereocenters. The highest BCUT2D eigenvalue weighted by Crippen LogP contribution is 2.20. The van der Waals surface area contributed by atoms with Gasteiger partial charge in [-0.2, -0.15) is 9.78 Å². The predicted octanol–water partition coefficient (Wildman–Crippen LogP) is 2.86. The predicted molar refractivity (Wildman–Crippen MR) is 113 cm³/mol. The summed E-state index contributed by atoms with van der Waals surface area (Å²) in [6.45, 7) is 0.839. The molecule has 1 saturated heterocycles. The van der Waals surface area contributed by atoms with Gasteiger partial charge in [-0.3, -0.25) is 14.4 Å². The fourth-order valence-corrected chi connectivity index (χ4v) is 3.57. The number of piperidine rings is 1. The normalized spacial score (nSPS) is 14.3. The zero-order chi connectivity index (χ0) is 21.8. The summed E-state index contributed by atoms with van der Waals surface area (Å²) in [4.78, 5) is 39.2. The van der Waals surface area contributed by atoms with Crippen LogP contribution in [0.2, 0.25) is 0 Å². The van der Waals surface area contributed by atoms with Crippen molar-refractivity contribution in [1.82, 2.24) is 14.7 Å². The summed E-state index contributed by atoms with van der Waals surface area (Å²) in [6.07, 6.45) is 1.09. The number of aromatic nitrogens is 2. The molecule has 0 radical (unpaired) electrons. The minimum Gasteiger partial charge on any atom is -0.337 e. The van der Waals surface area contributed by atoms with E-state index in [1.54, 1.807) is 4.90 Å². The number of hydrogen-bond acceptors (Lipinski definition) is 4. The van der Waals surface area contributed by atoms with Crippen LogP contribution in [0.4, 0.5) is 10.1 Å². The fourth-order valence-electron chi connectivity index (χ4n) is 3.57. The molecule has 0 spiro atoms. The van der Waals surface area contributed by atoms with E-state index in [4.69, 9.17) is 0 Å². The molecule has 1 aromatic heterocycles. The molecule has 0 aliphatic carbocycles. The van der Waals surface area contributed by atoms with Gasteiger partial charge in [-0.1, -0.05) is 18.2 Å². The Balaban J connectivity index is 1.42. The highest BCUT2D eigenvalue weighted by atomic mass is 19.1. The number of hydrogen-bond donors (Lipinski definition) is 1. The van der Waals surface area contributed by atoms with Gasteiger partial charge in [0.1, 0.15) is 11.5 Å². The first-order valence-electron chi connectivity index (χ1n) is 10.0. The molecule has 2 heterocycles. The second-order valence-electron chi connectivity index (χ2n) is 7.37. The van der Waals surface area contributed by atoms with E-state index in [-0.39, 0.29) is 23.4 Å². The van der Waals surface area contributed by atoms with Crippen LogP contribution in [-0.2, 0) is 4.79 Å². The zero-order valence-electron chi connectivity index (χ0n) is 16.7. The molecule has 2 amide bonds. The number of para-hydroxylation sites is 1. The number of anilines is 1. The summed E-state index contributed by atoms with van der Waals surface area (Å²) in [5.74, 6) is -0.965. The Morgan fingerprint density at radius 3 is 2.29 bits per heavy atom. The number of benzene rings is 2. The van der Waals surface area contributed by atoms with Gasteiger partial charge in [-0.05, 0) is 55.3 Å². The number of carbonyl (C=O) groups is 2. The Hall–Kier alpha value is -3.81. The lowest BCUT2D eigenvalue weighted by Crippen LogP contribution is -2.42. The summed E-state index contributed by atoms with van der Waals surface area (Å²) >= 11 is 0. The summed E-state index contributed by atoms with van der Waals surface area (Å²) in [7, 11) is 0. The van der Waals surface area contributed by atoms with Crippen LogP contribution in [0.3, 0.4) is 0 Å². The zero-order valence-corrected chi connectivity index (χ0v) is 16.7. The molecule has 0 saturated carbocycles.